The second-order valence-electron chi connectivity index (χ2n) is 7.64. The Bertz CT molecular complexity index is 767. The maximum atomic E-state index is 13.1. The maximum absolute atomic E-state index is 13.1. The van der Waals surface area contributed by atoms with Crippen molar-refractivity contribution in [1.29, 1.82) is 0 Å². The lowest BCUT2D eigenvalue weighted by Crippen LogP contribution is -2.37. The van der Waals surface area contributed by atoms with E-state index in [0.717, 1.165) is 43.7 Å². The molecule has 154 valence electrons. The maximum Gasteiger partial charge on any atom is 0.274 e. The second kappa shape index (κ2) is 9.39. The molecule has 1 aliphatic carbocycles. The van der Waals surface area contributed by atoms with Gasteiger partial charge in [-0.25, -0.2) is 0 Å². The van der Waals surface area contributed by atoms with Crippen molar-refractivity contribution in [2.24, 2.45) is 0 Å². The fourth-order valence-electron chi connectivity index (χ4n) is 3.74. The van der Waals surface area contributed by atoms with E-state index < -0.39 is 0 Å². The van der Waals surface area contributed by atoms with Gasteiger partial charge in [0.2, 0.25) is 0 Å². The molecule has 1 N–H and O–H groups in total. The Morgan fingerprint density at radius 3 is 3.00 bits per heavy atom. The number of nitrogens with zero attached hydrogens (tertiary/aromatic N) is 3. The molecule has 1 atom stereocenters. The van der Waals surface area contributed by atoms with Gasteiger partial charge in [0.1, 0.15) is 5.76 Å². The van der Waals surface area contributed by atoms with Gasteiger partial charge in [-0.05, 0) is 52.2 Å². The van der Waals surface area contributed by atoms with Crippen LogP contribution in [0.25, 0.3) is 0 Å². The summed E-state index contributed by atoms with van der Waals surface area (Å²) in [5.74, 6) is 0.716. The number of aromatic nitrogens is 2. The number of carbonyl (C=O) groups is 1. The molecule has 2 aromatic heterocycles. The molecule has 0 fully saturated rings. The van der Waals surface area contributed by atoms with Crippen molar-refractivity contribution in [3.05, 3.63) is 41.1 Å². The highest BCUT2D eigenvalue weighted by atomic mass is 16.5. The lowest BCUT2D eigenvalue weighted by atomic mass is 9.91. The van der Waals surface area contributed by atoms with Gasteiger partial charge < -0.3 is 19.4 Å². The Balaban J connectivity index is 1.69. The van der Waals surface area contributed by atoms with E-state index in [4.69, 9.17) is 9.15 Å². The van der Waals surface area contributed by atoms with Gasteiger partial charge in [-0.2, -0.15) is 5.10 Å². The standard InChI is InChI=1S/C21H32N4O3/c1-5-25-19-9-8-16(22-10-12-27-15(2)3)13-18(19)20(23-25)21(26)24(4)14-17-7-6-11-28-17/h6-7,11,15-16,22H,5,8-10,12-14H2,1-4H3/t16-/m0/s1. The first-order chi connectivity index (χ1) is 13.5. The molecule has 0 aliphatic heterocycles. The first-order valence-corrected chi connectivity index (χ1v) is 10.2. The van der Waals surface area contributed by atoms with Crippen molar-refractivity contribution in [1.82, 2.24) is 20.0 Å². The number of fused-ring (bicyclic) bond motifs is 1. The molecule has 0 saturated heterocycles. The third kappa shape index (κ3) is 4.83. The van der Waals surface area contributed by atoms with E-state index in [2.05, 4.69) is 17.3 Å². The summed E-state index contributed by atoms with van der Waals surface area (Å²) < 4.78 is 13.0. The van der Waals surface area contributed by atoms with Crippen LogP contribution < -0.4 is 5.32 Å². The van der Waals surface area contributed by atoms with Crippen LogP contribution in [0.1, 0.15) is 54.7 Å². The lowest BCUT2D eigenvalue weighted by Gasteiger charge is -2.25. The van der Waals surface area contributed by atoms with Gasteiger partial charge >= 0.3 is 0 Å². The van der Waals surface area contributed by atoms with Gasteiger partial charge in [0.25, 0.3) is 5.91 Å². The molecule has 2 heterocycles. The van der Waals surface area contributed by atoms with Crippen molar-refractivity contribution in [2.45, 2.75) is 65.3 Å². The molecule has 0 aromatic carbocycles. The monoisotopic (exact) mass is 388 g/mol. The van der Waals surface area contributed by atoms with E-state index in [1.54, 1.807) is 18.2 Å². The van der Waals surface area contributed by atoms with Crippen molar-refractivity contribution < 1.29 is 13.9 Å². The first kappa shape index (κ1) is 20.6. The summed E-state index contributed by atoms with van der Waals surface area (Å²) in [4.78, 5) is 14.8. The fraction of sp³-hybridized carbons (Fsp3) is 0.619. The molecular weight excluding hydrogens is 356 g/mol. The molecule has 1 amide bonds. The number of hydrogen-bond donors (Lipinski definition) is 1. The van der Waals surface area contributed by atoms with Crippen LogP contribution in [-0.2, 0) is 30.7 Å². The van der Waals surface area contributed by atoms with Crippen molar-refractivity contribution in [3.63, 3.8) is 0 Å². The number of hydrogen-bond acceptors (Lipinski definition) is 5. The van der Waals surface area contributed by atoms with Crippen molar-refractivity contribution in [2.75, 3.05) is 20.2 Å². The smallest absolute Gasteiger partial charge is 0.274 e. The minimum atomic E-state index is -0.0522. The van der Waals surface area contributed by atoms with E-state index in [-0.39, 0.29) is 12.0 Å². The Hall–Kier alpha value is -2.12. The Kier molecular flexibility index (Phi) is 6.91. The predicted octanol–water partition coefficient (Wildman–Crippen LogP) is 2.64. The van der Waals surface area contributed by atoms with E-state index in [1.807, 2.05) is 30.7 Å². The predicted molar refractivity (Wildman–Crippen MR) is 107 cm³/mol. The summed E-state index contributed by atoms with van der Waals surface area (Å²) in [7, 11) is 1.80. The Morgan fingerprint density at radius 2 is 2.32 bits per heavy atom. The molecule has 1 aliphatic rings. The van der Waals surface area contributed by atoms with E-state index in [0.29, 0.717) is 24.9 Å². The SMILES string of the molecule is CCn1nc(C(=O)N(C)Cc2ccco2)c2c1CC[C@H](NCCOC(C)C)C2. The van der Waals surface area contributed by atoms with Gasteiger partial charge in [0, 0.05) is 37.4 Å². The Morgan fingerprint density at radius 1 is 1.50 bits per heavy atom. The number of amides is 1. The van der Waals surface area contributed by atoms with Gasteiger partial charge in [0.05, 0.1) is 25.5 Å². The number of ether oxygens (including phenoxy) is 1. The zero-order valence-electron chi connectivity index (χ0n) is 17.4. The summed E-state index contributed by atoms with van der Waals surface area (Å²) in [6.45, 7) is 8.90. The van der Waals surface area contributed by atoms with Crippen molar-refractivity contribution >= 4 is 5.91 Å². The molecule has 0 radical (unpaired) electrons. The third-order valence-corrected chi connectivity index (χ3v) is 5.15. The highest BCUT2D eigenvalue weighted by molar-refractivity contribution is 5.94. The Labute approximate surface area is 167 Å². The molecular formula is C21H32N4O3. The summed E-state index contributed by atoms with van der Waals surface area (Å²) in [6, 6.07) is 4.06. The van der Waals surface area contributed by atoms with Crippen LogP contribution in [0, 0.1) is 0 Å². The second-order valence-corrected chi connectivity index (χ2v) is 7.64. The normalized spacial score (nSPS) is 16.4. The number of aryl methyl sites for hydroxylation is 1. The zero-order chi connectivity index (χ0) is 20.1. The summed E-state index contributed by atoms with van der Waals surface area (Å²) >= 11 is 0. The lowest BCUT2D eigenvalue weighted by molar-refractivity contribution is 0.0764. The summed E-state index contributed by atoms with van der Waals surface area (Å²) in [5, 5.41) is 8.23. The van der Waals surface area contributed by atoms with Crippen LogP contribution in [0.3, 0.4) is 0 Å². The van der Waals surface area contributed by atoms with E-state index in [9.17, 15) is 4.79 Å². The molecule has 28 heavy (non-hydrogen) atoms. The highest BCUT2D eigenvalue weighted by Crippen LogP contribution is 2.26. The number of furan rings is 1. The van der Waals surface area contributed by atoms with Crippen LogP contribution in [0.4, 0.5) is 0 Å². The quantitative estimate of drug-likeness (QED) is 0.669. The van der Waals surface area contributed by atoms with Gasteiger partial charge in [-0.15, -0.1) is 0 Å². The molecule has 0 saturated carbocycles. The number of rotatable bonds is 9. The van der Waals surface area contributed by atoms with E-state index in [1.165, 1.54) is 5.69 Å². The number of nitrogens with one attached hydrogen (secondary N) is 1. The summed E-state index contributed by atoms with van der Waals surface area (Å²) in [5.41, 5.74) is 2.87. The molecule has 2 aromatic rings. The topological polar surface area (TPSA) is 72.5 Å². The number of carbonyl (C=O) groups excluding carboxylic acids is 1. The van der Waals surface area contributed by atoms with Crippen LogP contribution in [0.2, 0.25) is 0 Å². The van der Waals surface area contributed by atoms with Crippen LogP contribution in [-0.4, -0.2) is 52.9 Å². The van der Waals surface area contributed by atoms with Crippen LogP contribution >= 0.6 is 0 Å². The van der Waals surface area contributed by atoms with Gasteiger partial charge in [0.15, 0.2) is 5.69 Å². The molecule has 0 unspecified atom stereocenters. The van der Waals surface area contributed by atoms with Crippen molar-refractivity contribution in [3.8, 4) is 0 Å². The highest BCUT2D eigenvalue weighted by Gasteiger charge is 2.30. The average molecular weight is 389 g/mol. The third-order valence-electron chi connectivity index (χ3n) is 5.15. The molecule has 7 nitrogen and oxygen atoms in total. The van der Waals surface area contributed by atoms with Crippen LogP contribution in [0.5, 0.6) is 0 Å². The fourth-order valence-corrected chi connectivity index (χ4v) is 3.74. The first-order valence-electron chi connectivity index (χ1n) is 10.2. The molecule has 0 bridgehead atoms. The molecule has 3 rings (SSSR count). The summed E-state index contributed by atoms with van der Waals surface area (Å²) in [6.07, 6.45) is 4.69. The molecule has 0 spiro atoms. The van der Waals surface area contributed by atoms with Crippen LogP contribution in [0.15, 0.2) is 22.8 Å². The van der Waals surface area contributed by atoms with Gasteiger partial charge in [-0.3, -0.25) is 9.48 Å². The zero-order valence-corrected chi connectivity index (χ0v) is 17.4. The molecule has 7 heteroatoms. The largest absolute Gasteiger partial charge is 0.467 e. The average Bonchev–Trinajstić information content (AvgIpc) is 3.31. The van der Waals surface area contributed by atoms with E-state index >= 15 is 0 Å². The minimum absolute atomic E-state index is 0.0522. The van der Waals surface area contributed by atoms with Gasteiger partial charge in [-0.1, -0.05) is 0 Å². The minimum Gasteiger partial charge on any atom is -0.467 e.